The summed E-state index contributed by atoms with van der Waals surface area (Å²) in [4.78, 5) is 16.8. The minimum absolute atomic E-state index is 0.113. The molecule has 1 aromatic heterocycles. The average Bonchev–Trinajstić information content (AvgIpc) is 3.24. The largest absolute Gasteiger partial charge is 0.497 e. The second-order valence-corrected chi connectivity index (χ2v) is 7.00. The molecule has 1 aliphatic heterocycles. The van der Waals surface area contributed by atoms with E-state index in [9.17, 15) is 4.79 Å². The number of benzene rings is 2. The molecule has 1 amide bonds. The lowest BCUT2D eigenvalue weighted by atomic mass is 10.1. The summed E-state index contributed by atoms with van der Waals surface area (Å²) in [7, 11) is 1.65. The van der Waals surface area contributed by atoms with Gasteiger partial charge < -0.3 is 19.1 Å². The smallest absolute Gasteiger partial charge is 0.276 e. The Balaban J connectivity index is 1.39. The van der Waals surface area contributed by atoms with E-state index in [1.807, 2.05) is 41.3 Å². The highest BCUT2D eigenvalue weighted by Crippen LogP contribution is 2.24. The third-order valence-electron chi connectivity index (χ3n) is 4.86. The van der Waals surface area contributed by atoms with Crippen molar-refractivity contribution in [3.05, 3.63) is 65.3 Å². The number of rotatable bonds is 4. The maximum atomic E-state index is 12.8. The molecule has 0 saturated carbocycles. The first-order valence-electron chi connectivity index (χ1n) is 9.05. The second-order valence-electron chi connectivity index (χ2n) is 6.56. The van der Waals surface area contributed by atoms with Crippen LogP contribution in [0.1, 0.15) is 10.5 Å². The van der Waals surface area contributed by atoms with Crippen LogP contribution in [0, 0.1) is 0 Å². The lowest BCUT2D eigenvalue weighted by Crippen LogP contribution is -2.48. The molecule has 0 bridgehead atoms. The number of methoxy groups -OCH3 is 1. The molecule has 28 heavy (non-hydrogen) atoms. The maximum Gasteiger partial charge on any atom is 0.276 e. The van der Waals surface area contributed by atoms with Crippen LogP contribution in [-0.2, 0) is 0 Å². The SMILES string of the molecule is COc1ccc(N2CCN(C(=O)c3cc(-c4ccc(Cl)cc4)on3)CC2)cc1. The van der Waals surface area contributed by atoms with Gasteiger partial charge >= 0.3 is 0 Å². The first-order valence-corrected chi connectivity index (χ1v) is 9.43. The maximum absolute atomic E-state index is 12.8. The van der Waals surface area contributed by atoms with Gasteiger partial charge in [0.2, 0.25) is 0 Å². The summed E-state index contributed by atoms with van der Waals surface area (Å²) in [5, 5.41) is 4.61. The van der Waals surface area contributed by atoms with Gasteiger partial charge in [0.25, 0.3) is 5.91 Å². The fourth-order valence-corrected chi connectivity index (χ4v) is 3.37. The van der Waals surface area contributed by atoms with E-state index >= 15 is 0 Å². The van der Waals surface area contributed by atoms with E-state index in [2.05, 4.69) is 10.1 Å². The molecule has 144 valence electrons. The molecule has 1 aliphatic rings. The van der Waals surface area contributed by atoms with Crippen LogP contribution >= 0.6 is 11.6 Å². The van der Waals surface area contributed by atoms with Crippen molar-refractivity contribution in [2.24, 2.45) is 0 Å². The predicted molar refractivity (Wildman–Crippen MR) is 108 cm³/mol. The van der Waals surface area contributed by atoms with Crippen LogP contribution in [0.2, 0.25) is 5.02 Å². The van der Waals surface area contributed by atoms with Gasteiger partial charge in [-0.15, -0.1) is 0 Å². The zero-order chi connectivity index (χ0) is 19.5. The number of amides is 1. The summed E-state index contributed by atoms with van der Waals surface area (Å²) in [6.45, 7) is 2.79. The molecule has 2 heterocycles. The first kappa shape index (κ1) is 18.4. The average molecular weight is 398 g/mol. The van der Waals surface area contributed by atoms with Gasteiger partial charge in [0.15, 0.2) is 11.5 Å². The molecule has 6 nitrogen and oxygen atoms in total. The van der Waals surface area contributed by atoms with Gasteiger partial charge in [-0.2, -0.15) is 0 Å². The Morgan fingerprint density at radius 2 is 1.71 bits per heavy atom. The number of halogens is 1. The van der Waals surface area contributed by atoms with Gasteiger partial charge in [-0.3, -0.25) is 4.79 Å². The molecule has 0 unspecified atom stereocenters. The lowest BCUT2D eigenvalue weighted by molar-refractivity contribution is 0.0736. The van der Waals surface area contributed by atoms with Gasteiger partial charge in [0, 0.05) is 48.5 Å². The van der Waals surface area contributed by atoms with Crippen molar-refractivity contribution >= 4 is 23.2 Å². The third kappa shape index (κ3) is 3.82. The van der Waals surface area contributed by atoms with Crippen LogP contribution in [0.4, 0.5) is 5.69 Å². The predicted octanol–water partition coefficient (Wildman–Crippen LogP) is 3.97. The normalized spacial score (nSPS) is 14.2. The minimum atomic E-state index is -0.113. The van der Waals surface area contributed by atoms with Gasteiger partial charge in [0.1, 0.15) is 5.75 Å². The molecule has 4 rings (SSSR count). The summed E-state index contributed by atoms with van der Waals surface area (Å²) in [6.07, 6.45) is 0. The molecule has 0 spiro atoms. The lowest BCUT2D eigenvalue weighted by Gasteiger charge is -2.35. The number of carbonyl (C=O) groups is 1. The van der Waals surface area contributed by atoms with Crippen molar-refractivity contribution in [2.75, 3.05) is 38.2 Å². The van der Waals surface area contributed by atoms with Gasteiger partial charge in [-0.1, -0.05) is 16.8 Å². The fourth-order valence-electron chi connectivity index (χ4n) is 3.25. The highest BCUT2D eigenvalue weighted by molar-refractivity contribution is 6.30. The van der Waals surface area contributed by atoms with Gasteiger partial charge in [-0.25, -0.2) is 0 Å². The topological polar surface area (TPSA) is 58.8 Å². The molecule has 0 radical (unpaired) electrons. The van der Waals surface area contributed by atoms with E-state index in [1.165, 1.54) is 0 Å². The number of ether oxygens (including phenoxy) is 1. The summed E-state index contributed by atoms with van der Waals surface area (Å²) in [6, 6.07) is 16.9. The van der Waals surface area contributed by atoms with Crippen molar-refractivity contribution in [2.45, 2.75) is 0 Å². The highest BCUT2D eigenvalue weighted by Gasteiger charge is 2.25. The van der Waals surface area contributed by atoms with Crippen LogP contribution in [0.15, 0.2) is 59.1 Å². The molecular weight excluding hydrogens is 378 g/mol. The molecule has 7 heteroatoms. The van der Waals surface area contributed by atoms with E-state index in [4.69, 9.17) is 20.9 Å². The van der Waals surface area contributed by atoms with E-state index in [0.29, 0.717) is 29.6 Å². The molecule has 3 aromatic rings. The first-order chi connectivity index (χ1) is 13.6. The van der Waals surface area contributed by atoms with E-state index in [0.717, 1.165) is 30.1 Å². The Morgan fingerprint density at radius 3 is 2.36 bits per heavy atom. The van der Waals surface area contributed by atoms with E-state index in [-0.39, 0.29) is 5.91 Å². The number of hydrogen-bond donors (Lipinski definition) is 0. The van der Waals surface area contributed by atoms with Crippen molar-refractivity contribution in [1.82, 2.24) is 10.1 Å². The summed E-state index contributed by atoms with van der Waals surface area (Å²) < 4.78 is 10.6. The number of piperazine rings is 1. The van der Waals surface area contributed by atoms with Crippen LogP contribution in [-0.4, -0.2) is 49.3 Å². The number of hydrogen-bond acceptors (Lipinski definition) is 5. The van der Waals surface area contributed by atoms with Crippen LogP contribution in [0.25, 0.3) is 11.3 Å². The second kappa shape index (κ2) is 7.94. The van der Waals surface area contributed by atoms with Crippen LogP contribution in [0.3, 0.4) is 0 Å². The highest BCUT2D eigenvalue weighted by atomic mass is 35.5. The monoisotopic (exact) mass is 397 g/mol. The van der Waals surface area contributed by atoms with Crippen molar-refractivity contribution in [3.8, 4) is 17.1 Å². The molecule has 1 saturated heterocycles. The van der Waals surface area contributed by atoms with Gasteiger partial charge in [0.05, 0.1) is 7.11 Å². The van der Waals surface area contributed by atoms with Crippen molar-refractivity contribution in [1.29, 1.82) is 0 Å². The van der Waals surface area contributed by atoms with E-state index in [1.54, 1.807) is 25.3 Å². The molecule has 1 fully saturated rings. The van der Waals surface area contributed by atoms with Crippen molar-refractivity contribution < 1.29 is 14.1 Å². The number of nitrogens with zero attached hydrogens (tertiary/aromatic N) is 3. The third-order valence-corrected chi connectivity index (χ3v) is 5.11. The quantitative estimate of drug-likeness (QED) is 0.666. The summed E-state index contributed by atoms with van der Waals surface area (Å²) >= 11 is 5.91. The molecule has 2 aromatic carbocycles. The Kier molecular flexibility index (Phi) is 5.21. The fraction of sp³-hybridized carbons (Fsp3) is 0.238. The zero-order valence-electron chi connectivity index (χ0n) is 15.5. The number of aromatic nitrogens is 1. The zero-order valence-corrected chi connectivity index (χ0v) is 16.2. The molecule has 0 atom stereocenters. The van der Waals surface area contributed by atoms with E-state index < -0.39 is 0 Å². The van der Waals surface area contributed by atoms with Crippen LogP contribution in [0.5, 0.6) is 5.75 Å². The summed E-state index contributed by atoms with van der Waals surface area (Å²) in [5.41, 5.74) is 2.28. The molecule has 0 N–H and O–H groups in total. The van der Waals surface area contributed by atoms with Gasteiger partial charge in [-0.05, 0) is 48.5 Å². The number of carbonyl (C=O) groups excluding carboxylic acids is 1. The standard InChI is InChI=1S/C21H20ClN3O3/c1-27-18-8-6-17(7-9-18)24-10-12-25(13-11-24)21(26)19-14-20(28-23-19)15-2-4-16(22)5-3-15/h2-9,14H,10-13H2,1H3. The Hall–Kier alpha value is -2.99. The minimum Gasteiger partial charge on any atom is -0.497 e. The Morgan fingerprint density at radius 1 is 1.04 bits per heavy atom. The van der Waals surface area contributed by atoms with Crippen LogP contribution < -0.4 is 9.64 Å². The molecule has 0 aliphatic carbocycles. The van der Waals surface area contributed by atoms with Crippen molar-refractivity contribution in [3.63, 3.8) is 0 Å². The Labute approximate surface area is 168 Å². The Bertz CT molecular complexity index is 946. The number of anilines is 1. The summed E-state index contributed by atoms with van der Waals surface area (Å²) in [5.74, 6) is 1.27. The molecular formula is C21H20ClN3O3.